The molecule has 9 heteroatoms. The highest BCUT2D eigenvalue weighted by atomic mass is 32.2. The van der Waals surface area contributed by atoms with E-state index in [1.165, 1.54) is 36.0 Å². The van der Waals surface area contributed by atoms with Crippen LogP contribution in [0.2, 0.25) is 0 Å². The van der Waals surface area contributed by atoms with Crippen LogP contribution in [0.25, 0.3) is 0 Å². The second-order valence-corrected chi connectivity index (χ2v) is 8.83. The van der Waals surface area contributed by atoms with Crippen molar-refractivity contribution in [1.82, 2.24) is 15.5 Å². The Morgan fingerprint density at radius 1 is 1.24 bits per heavy atom. The number of thioether (sulfide) groups is 1. The molecule has 1 aromatic heterocycles. The molecule has 0 aliphatic heterocycles. The fraction of sp³-hybridized carbons (Fsp3) is 0.500. The summed E-state index contributed by atoms with van der Waals surface area (Å²) in [5, 5.41) is 9.21. The number of nitrogens with zero attached hydrogens (tertiary/aromatic N) is 2. The molecule has 0 spiro atoms. The molecule has 2 aromatic rings. The molecule has 29 heavy (non-hydrogen) atoms. The minimum Gasteiger partial charge on any atom is -0.343 e. The van der Waals surface area contributed by atoms with E-state index in [4.69, 9.17) is 4.52 Å². The summed E-state index contributed by atoms with van der Waals surface area (Å²) in [4.78, 5) is 29.1. The van der Waals surface area contributed by atoms with E-state index in [-0.39, 0.29) is 35.3 Å². The molecule has 0 bridgehead atoms. The summed E-state index contributed by atoms with van der Waals surface area (Å²) in [6.07, 6.45) is 2.15. The summed E-state index contributed by atoms with van der Waals surface area (Å²) < 4.78 is 18.3. The van der Waals surface area contributed by atoms with E-state index >= 15 is 0 Å². The predicted octanol–water partition coefficient (Wildman–Crippen LogP) is 3.66. The van der Waals surface area contributed by atoms with Crippen LogP contribution in [0, 0.1) is 11.7 Å². The van der Waals surface area contributed by atoms with Crippen molar-refractivity contribution < 1.29 is 18.5 Å². The van der Waals surface area contributed by atoms with Crippen LogP contribution in [0.15, 0.2) is 28.8 Å². The van der Waals surface area contributed by atoms with Crippen LogP contribution in [0.5, 0.6) is 0 Å². The molecule has 1 fully saturated rings. The molecular weight excluding hydrogens is 395 g/mol. The predicted molar refractivity (Wildman–Crippen MR) is 109 cm³/mol. The number of hydrogen-bond donors (Lipinski definition) is 2. The second kappa shape index (κ2) is 9.39. The highest BCUT2D eigenvalue weighted by Gasteiger charge is 2.32. The third-order valence-corrected chi connectivity index (χ3v) is 5.73. The van der Waals surface area contributed by atoms with Gasteiger partial charge in [-0.3, -0.25) is 9.59 Å². The first kappa shape index (κ1) is 21.3. The molecular formula is C20H25FN4O3S. The maximum atomic E-state index is 12.9. The highest BCUT2D eigenvalue weighted by Crippen LogP contribution is 2.38. The van der Waals surface area contributed by atoms with E-state index in [1.54, 1.807) is 6.92 Å². The number of benzene rings is 1. The molecule has 1 heterocycles. The molecule has 7 nitrogen and oxygen atoms in total. The van der Waals surface area contributed by atoms with Gasteiger partial charge in [0.1, 0.15) is 11.9 Å². The Balaban J connectivity index is 1.49. The fourth-order valence-electron chi connectivity index (χ4n) is 2.67. The van der Waals surface area contributed by atoms with E-state index in [1.807, 2.05) is 13.8 Å². The summed E-state index contributed by atoms with van der Waals surface area (Å²) in [5.74, 6) is 0.858. The van der Waals surface area contributed by atoms with E-state index in [0.29, 0.717) is 23.3 Å². The topological polar surface area (TPSA) is 97.1 Å². The Morgan fingerprint density at radius 2 is 1.93 bits per heavy atom. The Labute approximate surface area is 173 Å². The van der Waals surface area contributed by atoms with Crippen molar-refractivity contribution >= 4 is 29.3 Å². The number of amides is 2. The Kier molecular flexibility index (Phi) is 6.89. The van der Waals surface area contributed by atoms with Gasteiger partial charge in [-0.1, -0.05) is 19.0 Å². The quantitative estimate of drug-likeness (QED) is 0.643. The Bertz CT molecular complexity index is 852. The molecule has 0 saturated heterocycles. The summed E-state index contributed by atoms with van der Waals surface area (Å²) in [6, 6.07) is 5.15. The van der Waals surface area contributed by atoms with Gasteiger partial charge in [0.25, 0.3) is 0 Å². The second-order valence-electron chi connectivity index (χ2n) is 7.50. The summed E-state index contributed by atoms with van der Waals surface area (Å²) in [7, 11) is 0. The van der Waals surface area contributed by atoms with Crippen molar-refractivity contribution in [1.29, 1.82) is 0 Å². The van der Waals surface area contributed by atoms with Gasteiger partial charge < -0.3 is 15.2 Å². The number of carbonyl (C=O) groups excluding carboxylic acids is 2. The highest BCUT2D eigenvalue weighted by molar-refractivity contribution is 8.01. The maximum Gasteiger partial charge on any atom is 0.249 e. The largest absolute Gasteiger partial charge is 0.343 e. The lowest BCUT2D eigenvalue weighted by Gasteiger charge is -2.20. The van der Waals surface area contributed by atoms with Gasteiger partial charge in [0.15, 0.2) is 5.82 Å². The van der Waals surface area contributed by atoms with Gasteiger partial charge in [-0.15, -0.1) is 11.8 Å². The van der Waals surface area contributed by atoms with Crippen LogP contribution < -0.4 is 10.6 Å². The number of carbonyl (C=O) groups is 2. The monoisotopic (exact) mass is 420 g/mol. The third-order valence-electron chi connectivity index (χ3n) is 4.59. The zero-order chi connectivity index (χ0) is 21.0. The smallest absolute Gasteiger partial charge is 0.249 e. The number of rotatable bonds is 9. The Morgan fingerprint density at radius 3 is 2.55 bits per heavy atom. The number of anilines is 1. The van der Waals surface area contributed by atoms with E-state index in [0.717, 1.165) is 12.8 Å². The molecule has 1 aliphatic carbocycles. The lowest BCUT2D eigenvalue weighted by molar-refractivity contribution is -0.121. The fourth-order valence-corrected chi connectivity index (χ4v) is 3.36. The van der Waals surface area contributed by atoms with Crippen LogP contribution in [0.3, 0.4) is 0 Å². The van der Waals surface area contributed by atoms with Gasteiger partial charge in [0.2, 0.25) is 17.7 Å². The van der Waals surface area contributed by atoms with Crippen molar-refractivity contribution in [3.63, 3.8) is 0 Å². The van der Waals surface area contributed by atoms with Crippen molar-refractivity contribution in [3.8, 4) is 0 Å². The first-order valence-corrected chi connectivity index (χ1v) is 10.7. The minimum atomic E-state index is -0.443. The molecule has 2 amide bonds. The molecule has 2 N–H and O–H groups in total. The van der Waals surface area contributed by atoms with Gasteiger partial charge in [-0.05, 0) is 49.9 Å². The molecule has 1 aliphatic rings. The third kappa shape index (κ3) is 6.03. The Hall–Kier alpha value is -2.42. The lowest BCUT2D eigenvalue weighted by Crippen LogP contribution is -2.37. The molecule has 2 unspecified atom stereocenters. The van der Waals surface area contributed by atoms with E-state index in [9.17, 15) is 14.0 Å². The van der Waals surface area contributed by atoms with E-state index < -0.39 is 5.25 Å². The first-order valence-electron chi connectivity index (χ1n) is 9.64. The number of halogens is 1. The summed E-state index contributed by atoms with van der Waals surface area (Å²) in [5.41, 5.74) is 0.511. The van der Waals surface area contributed by atoms with Crippen molar-refractivity contribution in [2.75, 3.05) is 11.1 Å². The molecule has 156 valence electrons. The van der Waals surface area contributed by atoms with Crippen molar-refractivity contribution in [3.05, 3.63) is 41.8 Å². The van der Waals surface area contributed by atoms with Gasteiger partial charge in [-0.25, -0.2) is 4.39 Å². The maximum absolute atomic E-state index is 12.9. The minimum absolute atomic E-state index is 0.0745. The molecule has 1 saturated carbocycles. The average Bonchev–Trinajstić information content (AvgIpc) is 3.43. The number of nitrogens with one attached hydrogen (secondary N) is 2. The molecule has 2 atom stereocenters. The average molecular weight is 421 g/mol. The van der Waals surface area contributed by atoms with Gasteiger partial charge in [0.05, 0.1) is 11.0 Å². The summed E-state index contributed by atoms with van der Waals surface area (Å²) >= 11 is 1.22. The van der Waals surface area contributed by atoms with Crippen LogP contribution in [-0.2, 0) is 9.59 Å². The zero-order valence-corrected chi connectivity index (χ0v) is 17.5. The number of hydrogen-bond acceptors (Lipinski definition) is 6. The van der Waals surface area contributed by atoms with E-state index in [2.05, 4.69) is 20.8 Å². The lowest BCUT2D eigenvalue weighted by atomic mass is 10.0. The normalized spacial score (nSPS) is 15.8. The molecule has 1 aromatic carbocycles. The van der Waals surface area contributed by atoms with Gasteiger partial charge >= 0.3 is 0 Å². The zero-order valence-electron chi connectivity index (χ0n) is 16.6. The first-order chi connectivity index (χ1) is 13.8. The van der Waals surface area contributed by atoms with Crippen LogP contribution >= 0.6 is 11.8 Å². The van der Waals surface area contributed by atoms with Gasteiger partial charge in [0, 0.05) is 11.6 Å². The number of aromatic nitrogens is 2. The van der Waals surface area contributed by atoms with Crippen LogP contribution in [0.4, 0.5) is 10.1 Å². The van der Waals surface area contributed by atoms with Gasteiger partial charge in [-0.2, -0.15) is 4.98 Å². The van der Waals surface area contributed by atoms with Crippen molar-refractivity contribution in [2.24, 2.45) is 5.92 Å². The van der Waals surface area contributed by atoms with Crippen LogP contribution in [-0.4, -0.2) is 33.0 Å². The summed E-state index contributed by atoms with van der Waals surface area (Å²) in [6.45, 7) is 5.69. The molecule has 0 radical (unpaired) electrons. The standard InChI is InChI=1S/C20H25FN4O3S/c1-11(2)17(20-24-18(25-28-20)13-4-5-13)23-19(27)12(3)29-10-16(26)22-15-8-6-14(21)7-9-15/h6-9,11-13,17H,4-5,10H2,1-3H3,(H,22,26)(H,23,27). The molecule has 3 rings (SSSR count). The van der Waals surface area contributed by atoms with Crippen molar-refractivity contribution in [2.45, 2.75) is 50.8 Å². The van der Waals surface area contributed by atoms with Crippen LogP contribution in [0.1, 0.15) is 57.3 Å². The SMILES string of the molecule is CC(SCC(=O)Nc1ccc(F)cc1)C(=O)NC(c1nc(C2CC2)no1)C(C)C.